The van der Waals surface area contributed by atoms with Gasteiger partial charge in [-0.25, -0.2) is 9.79 Å². The highest BCUT2D eigenvalue weighted by atomic mass is 19.4. The van der Waals surface area contributed by atoms with Crippen LogP contribution < -0.4 is 0 Å². The van der Waals surface area contributed by atoms with Gasteiger partial charge in [0, 0.05) is 12.1 Å². The molecule has 1 rings (SSSR count). The Morgan fingerprint density at radius 2 is 1.90 bits per heavy atom. The summed E-state index contributed by atoms with van der Waals surface area (Å²) in [6, 6.07) is 3.97. The van der Waals surface area contributed by atoms with Gasteiger partial charge in [-0.05, 0) is 19.1 Å². The van der Waals surface area contributed by atoms with Gasteiger partial charge in [0.2, 0.25) is 5.71 Å². The lowest BCUT2D eigenvalue weighted by Gasteiger charge is -2.09. The number of esters is 1. The Kier molecular flexibility index (Phi) is 4.78. The van der Waals surface area contributed by atoms with Crippen LogP contribution in [-0.4, -0.2) is 29.4 Å². The minimum absolute atomic E-state index is 0.228. The van der Waals surface area contributed by atoms with E-state index in [4.69, 9.17) is 0 Å². The lowest BCUT2D eigenvalue weighted by molar-refractivity contribution is -0.384. The van der Waals surface area contributed by atoms with E-state index in [1.54, 1.807) is 0 Å². The molecule has 0 unspecified atom stereocenters. The second-order valence-corrected chi connectivity index (χ2v) is 3.45. The molecule has 20 heavy (non-hydrogen) atoms. The van der Waals surface area contributed by atoms with E-state index in [0.717, 1.165) is 24.3 Å². The summed E-state index contributed by atoms with van der Waals surface area (Å²) < 4.78 is 42.2. The van der Waals surface area contributed by atoms with Crippen LogP contribution in [0.5, 0.6) is 0 Å². The molecule has 0 saturated carbocycles. The SMILES string of the molecule is CCOC(=O)C(=Nc1ccc([N+](=O)[O-])cc1)C(F)(F)F. The second-order valence-electron chi connectivity index (χ2n) is 3.45. The third-order valence-electron chi connectivity index (χ3n) is 2.04. The zero-order valence-electron chi connectivity index (χ0n) is 10.2. The Morgan fingerprint density at radius 1 is 1.35 bits per heavy atom. The van der Waals surface area contributed by atoms with E-state index in [9.17, 15) is 28.1 Å². The number of nitrogens with zero attached hydrogens (tertiary/aromatic N) is 2. The van der Waals surface area contributed by atoms with Crippen molar-refractivity contribution in [3.8, 4) is 0 Å². The topological polar surface area (TPSA) is 81.8 Å². The molecular weight excluding hydrogens is 281 g/mol. The summed E-state index contributed by atoms with van der Waals surface area (Å²) in [5.41, 5.74) is -2.25. The highest BCUT2D eigenvalue weighted by Gasteiger charge is 2.42. The lowest BCUT2D eigenvalue weighted by atomic mass is 10.2. The van der Waals surface area contributed by atoms with Gasteiger partial charge in [-0.1, -0.05) is 0 Å². The maximum atomic E-state index is 12.6. The lowest BCUT2D eigenvalue weighted by Crippen LogP contribution is -2.32. The van der Waals surface area contributed by atoms with Gasteiger partial charge in [-0.3, -0.25) is 10.1 Å². The van der Waals surface area contributed by atoms with Gasteiger partial charge in [0.05, 0.1) is 17.2 Å². The van der Waals surface area contributed by atoms with Gasteiger partial charge in [0.25, 0.3) is 5.69 Å². The zero-order chi connectivity index (χ0) is 15.3. The van der Waals surface area contributed by atoms with Gasteiger partial charge >= 0.3 is 12.1 Å². The summed E-state index contributed by atoms with van der Waals surface area (Å²) in [6.45, 7) is 1.13. The van der Waals surface area contributed by atoms with Crippen molar-refractivity contribution in [3.63, 3.8) is 0 Å². The van der Waals surface area contributed by atoms with Crippen LogP contribution in [0.25, 0.3) is 0 Å². The first kappa shape index (κ1) is 15.6. The highest BCUT2D eigenvalue weighted by molar-refractivity contribution is 6.39. The molecule has 0 fully saturated rings. The van der Waals surface area contributed by atoms with Crippen molar-refractivity contribution in [1.29, 1.82) is 0 Å². The van der Waals surface area contributed by atoms with Gasteiger partial charge in [-0.2, -0.15) is 13.2 Å². The summed E-state index contributed by atoms with van der Waals surface area (Å²) in [5.74, 6) is -1.60. The average molecular weight is 290 g/mol. The van der Waals surface area contributed by atoms with Gasteiger partial charge in [0.1, 0.15) is 0 Å². The van der Waals surface area contributed by atoms with Crippen molar-refractivity contribution >= 4 is 23.1 Å². The molecule has 9 heteroatoms. The molecule has 0 radical (unpaired) electrons. The molecule has 0 aliphatic rings. The molecule has 0 aromatic heterocycles. The first-order chi connectivity index (χ1) is 9.25. The number of nitro groups is 1. The minimum Gasteiger partial charge on any atom is -0.461 e. The molecule has 0 spiro atoms. The van der Waals surface area contributed by atoms with Crippen LogP contribution in [0.2, 0.25) is 0 Å². The largest absolute Gasteiger partial charge is 0.461 e. The molecule has 0 aliphatic heterocycles. The molecule has 0 N–H and O–H groups in total. The number of aliphatic imine (C=N–C) groups is 1. The summed E-state index contributed by atoms with van der Waals surface area (Å²) in [6.07, 6.45) is -4.98. The number of benzene rings is 1. The average Bonchev–Trinajstić information content (AvgIpc) is 2.35. The maximum absolute atomic E-state index is 12.6. The quantitative estimate of drug-likeness (QED) is 0.369. The van der Waals surface area contributed by atoms with Crippen molar-refractivity contribution in [2.45, 2.75) is 13.1 Å². The third kappa shape index (κ3) is 4.04. The van der Waals surface area contributed by atoms with Gasteiger partial charge < -0.3 is 4.74 Å². The van der Waals surface area contributed by atoms with E-state index in [-0.39, 0.29) is 18.0 Å². The van der Waals surface area contributed by atoms with E-state index in [2.05, 4.69) is 9.73 Å². The number of ether oxygens (including phenoxy) is 1. The van der Waals surface area contributed by atoms with Crippen LogP contribution in [0.1, 0.15) is 6.92 Å². The fourth-order valence-corrected chi connectivity index (χ4v) is 1.20. The molecule has 0 aliphatic carbocycles. The molecule has 0 atom stereocenters. The Bertz CT molecular complexity index is 538. The molecule has 1 aromatic carbocycles. The van der Waals surface area contributed by atoms with Crippen LogP contribution in [0.4, 0.5) is 24.5 Å². The van der Waals surface area contributed by atoms with E-state index in [0.29, 0.717) is 0 Å². The standard InChI is InChI=1S/C11H9F3N2O4/c1-2-20-10(17)9(11(12,13)14)15-7-3-5-8(6-4-7)16(18)19/h3-6H,2H2,1H3. The Balaban J connectivity index is 3.13. The third-order valence-corrected chi connectivity index (χ3v) is 2.04. The number of non-ortho nitro benzene ring substituents is 1. The Morgan fingerprint density at radius 3 is 2.30 bits per heavy atom. The smallest absolute Gasteiger partial charge is 0.440 e. The fraction of sp³-hybridized carbons (Fsp3) is 0.273. The van der Waals surface area contributed by atoms with Crippen LogP contribution in [0.3, 0.4) is 0 Å². The van der Waals surface area contributed by atoms with Crippen LogP contribution in [0.15, 0.2) is 29.3 Å². The number of carbonyl (C=O) groups excluding carboxylic acids is 1. The predicted octanol–water partition coefficient (Wildman–Crippen LogP) is 2.79. The van der Waals surface area contributed by atoms with Gasteiger partial charge in [0.15, 0.2) is 0 Å². The first-order valence-electron chi connectivity index (χ1n) is 5.33. The summed E-state index contributed by atoms with van der Waals surface area (Å²) in [5, 5.41) is 10.4. The number of hydrogen-bond acceptors (Lipinski definition) is 5. The zero-order valence-corrected chi connectivity index (χ0v) is 10.2. The second kappa shape index (κ2) is 6.13. The van der Waals surface area contributed by atoms with E-state index < -0.39 is 22.8 Å². The summed E-state index contributed by atoms with van der Waals surface area (Å²) in [4.78, 5) is 24.0. The van der Waals surface area contributed by atoms with Crippen molar-refractivity contribution in [2.24, 2.45) is 4.99 Å². The normalized spacial score (nSPS) is 12.1. The molecule has 0 saturated heterocycles. The van der Waals surface area contributed by atoms with Crippen molar-refractivity contribution in [2.75, 3.05) is 6.61 Å². The number of halogens is 3. The molecule has 0 amide bonds. The first-order valence-corrected chi connectivity index (χ1v) is 5.33. The maximum Gasteiger partial charge on any atom is 0.440 e. The molecule has 0 heterocycles. The molecule has 1 aromatic rings. The Labute approximate surface area is 111 Å². The fourth-order valence-electron chi connectivity index (χ4n) is 1.20. The number of carbonyl (C=O) groups is 1. The van der Waals surface area contributed by atoms with E-state index >= 15 is 0 Å². The van der Waals surface area contributed by atoms with Crippen LogP contribution in [0, 0.1) is 10.1 Å². The number of nitro benzene ring substituents is 1. The monoisotopic (exact) mass is 290 g/mol. The van der Waals surface area contributed by atoms with Crippen molar-refractivity contribution in [3.05, 3.63) is 34.4 Å². The molecule has 108 valence electrons. The van der Waals surface area contributed by atoms with Gasteiger partial charge in [-0.15, -0.1) is 0 Å². The highest BCUT2D eigenvalue weighted by Crippen LogP contribution is 2.24. The number of hydrogen-bond donors (Lipinski definition) is 0. The molecule has 0 bridgehead atoms. The van der Waals surface area contributed by atoms with Crippen LogP contribution >= 0.6 is 0 Å². The van der Waals surface area contributed by atoms with E-state index in [1.165, 1.54) is 6.92 Å². The molecule has 6 nitrogen and oxygen atoms in total. The minimum atomic E-state index is -4.98. The summed E-state index contributed by atoms with van der Waals surface area (Å²) >= 11 is 0. The van der Waals surface area contributed by atoms with Crippen molar-refractivity contribution < 1.29 is 27.6 Å². The van der Waals surface area contributed by atoms with Crippen LogP contribution in [-0.2, 0) is 9.53 Å². The Hall–Kier alpha value is -2.45. The predicted molar refractivity (Wildman–Crippen MR) is 62.9 cm³/mol. The number of alkyl halides is 3. The van der Waals surface area contributed by atoms with E-state index in [1.807, 2.05) is 0 Å². The summed E-state index contributed by atoms with van der Waals surface area (Å²) in [7, 11) is 0. The number of rotatable bonds is 4. The molecular formula is C11H9F3N2O4. The van der Waals surface area contributed by atoms with Crippen molar-refractivity contribution in [1.82, 2.24) is 0 Å².